The van der Waals surface area contributed by atoms with Gasteiger partial charge in [-0.2, -0.15) is 5.26 Å². The van der Waals surface area contributed by atoms with Crippen molar-refractivity contribution < 1.29 is 4.79 Å². The van der Waals surface area contributed by atoms with E-state index in [0.29, 0.717) is 12.4 Å². The minimum Gasteiger partial charge on any atom is -0.345 e. The fourth-order valence-electron chi connectivity index (χ4n) is 4.91. The number of nitrogens with zero attached hydrogens (tertiary/aromatic N) is 4. The zero-order chi connectivity index (χ0) is 24.0. The molecule has 1 amide bonds. The molecule has 0 aliphatic heterocycles. The Bertz CT molecular complexity index is 1390. The van der Waals surface area contributed by atoms with Crippen molar-refractivity contribution in [1.82, 2.24) is 14.9 Å². The van der Waals surface area contributed by atoms with Crippen LogP contribution in [0, 0.1) is 11.3 Å². The van der Waals surface area contributed by atoms with Gasteiger partial charge in [-0.1, -0.05) is 19.9 Å². The number of aromatic nitrogens is 2. The second kappa shape index (κ2) is 8.11. The SMILES string of the molecule is CN(C)C(=O)C1=Cc2cc(Nc3nccc(-c4cc(C#N)c5c(c4)C(C)(C)CC5)n3)ccc2C1. The third kappa shape index (κ3) is 3.84. The molecule has 6 nitrogen and oxygen atoms in total. The van der Waals surface area contributed by atoms with Gasteiger partial charge in [0, 0.05) is 43.5 Å². The summed E-state index contributed by atoms with van der Waals surface area (Å²) < 4.78 is 0. The topological polar surface area (TPSA) is 81.9 Å². The molecule has 2 aliphatic carbocycles. The van der Waals surface area contributed by atoms with Crippen molar-refractivity contribution in [2.45, 2.75) is 38.5 Å². The van der Waals surface area contributed by atoms with Crippen molar-refractivity contribution in [2.75, 3.05) is 19.4 Å². The van der Waals surface area contributed by atoms with Crippen LogP contribution in [0.1, 0.15) is 48.1 Å². The van der Waals surface area contributed by atoms with E-state index in [2.05, 4.69) is 36.3 Å². The molecule has 6 heteroatoms. The molecule has 1 aromatic heterocycles. The number of carbonyl (C=O) groups excluding carboxylic acids is 1. The molecule has 0 fully saturated rings. The third-order valence-electron chi connectivity index (χ3n) is 6.84. The molecule has 0 spiro atoms. The molecule has 34 heavy (non-hydrogen) atoms. The van der Waals surface area contributed by atoms with Gasteiger partial charge >= 0.3 is 0 Å². The first kappa shape index (κ1) is 21.8. The first-order chi connectivity index (χ1) is 16.2. The second-order valence-corrected chi connectivity index (χ2v) is 9.90. The van der Waals surface area contributed by atoms with Crippen LogP contribution >= 0.6 is 0 Å². The first-order valence-corrected chi connectivity index (χ1v) is 11.5. The van der Waals surface area contributed by atoms with Gasteiger partial charge in [0.25, 0.3) is 0 Å². The van der Waals surface area contributed by atoms with Gasteiger partial charge in [-0.25, -0.2) is 9.97 Å². The van der Waals surface area contributed by atoms with Crippen LogP contribution in [0.2, 0.25) is 0 Å². The zero-order valence-electron chi connectivity index (χ0n) is 19.9. The van der Waals surface area contributed by atoms with Gasteiger partial charge in [0.15, 0.2) is 0 Å². The number of nitrogens with one attached hydrogen (secondary N) is 1. The van der Waals surface area contributed by atoms with E-state index in [9.17, 15) is 10.1 Å². The number of carbonyl (C=O) groups is 1. The number of hydrogen-bond donors (Lipinski definition) is 1. The Morgan fingerprint density at radius 2 is 2.00 bits per heavy atom. The summed E-state index contributed by atoms with van der Waals surface area (Å²) in [5.74, 6) is 0.526. The lowest BCUT2D eigenvalue weighted by atomic mass is 9.84. The largest absolute Gasteiger partial charge is 0.345 e. The Labute approximate surface area is 200 Å². The highest BCUT2D eigenvalue weighted by Gasteiger charge is 2.32. The maximum atomic E-state index is 12.3. The molecule has 0 radical (unpaired) electrons. The second-order valence-electron chi connectivity index (χ2n) is 9.90. The van der Waals surface area contributed by atoms with Crippen molar-refractivity contribution in [3.05, 3.63) is 76.0 Å². The predicted octanol–water partition coefficient (Wildman–Crippen LogP) is 5.01. The lowest BCUT2D eigenvalue weighted by Gasteiger charge is -2.20. The molecule has 1 heterocycles. The highest BCUT2D eigenvalue weighted by atomic mass is 16.2. The Morgan fingerprint density at radius 1 is 1.18 bits per heavy atom. The fourth-order valence-corrected chi connectivity index (χ4v) is 4.91. The van der Waals surface area contributed by atoms with Gasteiger partial charge in [0.05, 0.1) is 17.3 Å². The monoisotopic (exact) mass is 449 g/mol. The van der Waals surface area contributed by atoms with E-state index >= 15 is 0 Å². The normalized spacial score (nSPS) is 15.2. The molecule has 0 saturated heterocycles. The lowest BCUT2D eigenvalue weighted by molar-refractivity contribution is -0.124. The number of rotatable bonds is 4. The minimum absolute atomic E-state index is 0.0380. The molecule has 0 atom stereocenters. The van der Waals surface area contributed by atoms with E-state index in [1.807, 2.05) is 36.4 Å². The number of amides is 1. The number of nitriles is 1. The standard InChI is InChI=1S/C28H27N5O/c1-28(2)9-7-23-21(16-29)13-19(15-24(23)28)25-8-10-30-27(32-25)31-22-6-5-17-11-20(12-18(17)14-22)26(34)33(3)4/h5-6,8,10,12-15H,7,9,11H2,1-4H3,(H,30,31,32). The summed E-state index contributed by atoms with van der Waals surface area (Å²) in [4.78, 5) is 23.1. The highest BCUT2D eigenvalue weighted by Crippen LogP contribution is 2.42. The van der Waals surface area contributed by atoms with Gasteiger partial charge in [-0.3, -0.25) is 4.79 Å². The summed E-state index contributed by atoms with van der Waals surface area (Å²) >= 11 is 0. The molecule has 2 aromatic carbocycles. The van der Waals surface area contributed by atoms with Crippen LogP contribution in [-0.4, -0.2) is 34.9 Å². The Hall–Kier alpha value is -3.98. The van der Waals surface area contributed by atoms with Gasteiger partial charge in [0.2, 0.25) is 11.9 Å². The van der Waals surface area contributed by atoms with Crippen LogP contribution in [0.3, 0.4) is 0 Å². The number of likely N-dealkylation sites (N-methyl/N-ethyl adjacent to an activating group) is 1. The summed E-state index contributed by atoms with van der Waals surface area (Å²) in [6, 6.07) is 14.4. The molecule has 0 unspecified atom stereocenters. The molecule has 3 aromatic rings. The van der Waals surface area contributed by atoms with Crippen molar-refractivity contribution in [2.24, 2.45) is 0 Å². The molecule has 0 bridgehead atoms. The molecule has 0 saturated carbocycles. The van der Waals surface area contributed by atoms with Gasteiger partial charge in [-0.15, -0.1) is 0 Å². The van der Waals surface area contributed by atoms with Crippen molar-refractivity contribution in [3.63, 3.8) is 0 Å². The molecule has 1 N–H and O–H groups in total. The quantitative estimate of drug-likeness (QED) is 0.605. The Morgan fingerprint density at radius 3 is 2.76 bits per heavy atom. The van der Waals surface area contributed by atoms with Crippen LogP contribution in [0.5, 0.6) is 0 Å². The van der Waals surface area contributed by atoms with E-state index in [1.54, 1.807) is 25.2 Å². The lowest BCUT2D eigenvalue weighted by Crippen LogP contribution is -2.23. The summed E-state index contributed by atoms with van der Waals surface area (Å²) in [6.45, 7) is 4.47. The number of anilines is 2. The van der Waals surface area contributed by atoms with E-state index in [0.717, 1.165) is 52.0 Å². The predicted molar refractivity (Wildman–Crippen MR) is 134 cm³/mol. The van der Waals surface area contributed by atoms with Crippen molar-refractivity contribution in [3.8, 4) is 17.3 Å². The molecular weight excluding hydrogens is 422 g/mol. The van der Waals surface area contributed by atoms with Crippen LogP contribution in [0.15, 0.2) is 48.2 Å². The molecule has 170 valence electrons. The molecule has 5 rings (SSSR count). The van der Waals surface area contributed by atoms with E-state index < -0.39 is 0 Å². The van der Waals surface area contributed by atoms with Crippen LogP contribution in [0.4, 0.5) is 11.6 Å². The van der Waals surface area contributed by atoms with Crippen LogP contribution < -0.4 is 5.32 Å². The average molecular weight is 450 g/mol. The van der Waals surface area contributed by atoms with Crippen molar-refractivity contribution >= 4 is 23.6 Å². The number of hydrogen-bond acceptors (Lipinski definition) is 5. The summed E-state index contributed by atoms with van der Waals surface area (Å²) in [7, 11) is 3.54. The van der Waals surface area contributed by atoms with Crippen LogP contribution in [0.25, 0.3) is 17.3 Å². The minimum atomic E-state index is 0.0380. The number of benzene rings is 2. The highest BCUT2D eigenvalue weighted by molar-refractivity contribution is 6.00. The summed E-state index contributed by atoms with van der Waals surface area (Å²) in [5.41, 5.74) is 8.72. The maximum Gasteiger partial charge on any atom is 0.249 e. The summed E-state index contributed by atoms with van der Waals surface area (Å²) in [6.07, 6.45) is 6.32. The molecular formula is C28H27N5O. The Kier molecular flexibility index (Phi) is 5.21. The first-order valence-electron chi connectivity index (χ1n) is 11.5. The molecule has 2 aliphatic rings. The fraction of sp³-hybridized carbons (Fsp3) is 0.286. The van der Waals surface area contributed by atoms with Gasteiger partial charge in [-0.05, 0) is 76.9 Å². The van der Waals surface area contributed by atoms with E-state index in [4.69, 9.17) is 4.98 Å². The summed E-state index contributed by atoms with van der Waals surface area (Å²) in [5, 5.41) is 13.0. The van der Waals surface area contributed by atoms with Gasteiger partial charge < -0.3 is 10.2 Å². The van der Waals surface area contributed by atoms with E-state index in [-0.39, 0.29) is 11.3 Å². The van der Waals surface area contributed by atoms with E-state index in [1.165, 1.54) is 11.1 Å². The van der Waals surface area contributed by atoms with Gasteiger partial charge in [0.1, 0.15) is 0 Å². The number of fused-ring (bicyclic) bond motifs is 2. The smallest absolute Gasteiger partial charge is 0.249 e. The maximum absolute atomic E-state index is 12.3. The van der Waals surface area contributed by atoms with Crippen molar-refractivity contribution in [1.29, 1.82) is 5.26 Å². The third-order valence-corrected chi connectivity index (χ3v) is 6.84. The Balaban J connectivity index is 1.44. The average Bonchev–Trinajstić information content (AvgIpc) is 3.38. The zero-order valence-corrected chi connectivity index (χ0v) is 19.9. The van der Waals surface area contributed by atoms with Crippen LogP contribution in [-0.2, 0) is 23.1 Å².